The number of hydrogen-bond acceptors (Lipinski definition) is 4. The van der Waals surface area contributed by atoms with Crippen LogP contribution in [0.15, 0.2) is 0 Å². The van der Waals surface area contributed by atoms with Crippen molar-refractivity contribution in [3.63, 3.8) is 0 Å². The highest BCUT2D eigenvalue weighted by Gasteiger charge is 2.25. The Morgan fingerprint density at radius 3 is 2.29 bits per heavy atom. The van der Waals surface area contributed by atoms with Crippen LogP contribution in [0.1, 0.15) is 88.6 Å². The highest BCUT2D eigenvalue weighted by molar-refractivity contribution is 5.32. The minimum Gasteiger partial charge on any atom is -0.461 e. The third kappa shape index (κ3) is 3.94. The van der Waals surface area contributed by atoms with E-state index in [0.717, 1.165) is 29.8 Å². The van der Waals surface area contributed by atoms with Gasteiger partial charge in [0.15, 0.2) is 0 Å². The molecule has 2 rings (SSSR count). The molecule has 4 nitrogen and oxygen atoms in total. The quantitative estimate of drug-likeness (QED) is 0.893. The van der Waals surface area contributed by atoms with E-state index >= 15 is 0 Å². The van der Waals surface area contributed by atoms with Crippen LogP contribution in [0, 0.1) is 0 Å². The molecule has 1 N–H and O–H groups in total. The maximum atomic E-state index is 9.83. The molecular weight excluding hydrogens is 264 g/mol. The molecule has 1 aliphatic carbocycles. The van der Waals surface area contributed by atoms with E-state index in [0.29, 0.717) is 11.9 Å². The number of hydrogen-bond donors (Lipinski definition) is 1. The van der Waals surface area contributed by atoms with E-state index in [1.165, 1.54) is 19.3 Å². The number of aliphatic hydroxyl groups excluding tert-OH is 1. The maximum Gasteiger partial charge on any atom is 0.317 e. The van der Waals surface area contributed by atoms with Gasteiger partial charge in [-0.3, -0.25) is 0 Å². The second-order valence-electron chi connectivity index (χ2n) is 6.57. The second-order valence-corrected chi connectivity index (χ2v) is 6.57. The van der Waals surface area contributed by atoms with Crippen molar-refractivity contribution < 1.29 is 9.84 Å². The Hall–Kier alpha value is -1.16. The maximum absolute atomic E-state index is 9.83. The molecule has 4 heteroatoms. The van der Waals surface area contributed by atoms with Gasteiger partial charge in [-0.1, -0.05) is 33.1 Å². The summed E-state index contributed by atoms with van der Waals surface area (Å²) >= 11 is 0. The third-order valence-corrected chi connectivity index (χ3v) is 4.09. The summed E-state index contributed by atoms with van der Waals surface area (Å²) in [7, 11) is 0. The van der Waals surface area contributed by atoms with Crippen molar-refractivity contribution in [1.29, 1.82) is 0 Å². The molecule has 0 unspecified atom stereocenters. The van der Waals surface area contributed by atoms with Crippen LogP contribution in [0.3, 0.4) is 0 Å². The van der Waals surface area contributed by atoms with E-state index in [-0.39, 0.29) is 18.6 Å². The summed E-state index contributed by atoms with van der Waals surface area (Å²) in [6, 6.07) is 0.464. The summed E-state index contributed by atoms with van der Waals surface area (Å²) in [5.41, 5.74) is 2.88. The lowest BCUT2D eigenvalue weighted by atomic mass is 9.84. The SMILES string of the molecule is CC(C)Oc1nc(C(C)C)c(CO)c(C2CCCCC2)n1. The van der Waals surface area contributed by atoms with E-state index < -0.39 is 0 Å². The molecule has 1 heterocycles. The van der Waals surface area contributed by atoms with E-state index in [1.807, 2.05) is 13.8 Å². The summed E-state index contributed by atoms with van der Waals surface area (Å²) < 4.78 is 5.73. The Balaban J connectivity index is 2.45. The second kappa shape index (κ2) is 7.21. The van der Waals surface area contributed by atoms with Crippen LogP contribution in [0.5, 0.6) is 6.01 Å². The first-order chi connectivity index (χ1) is 10.0. The lowest BCUT2D eigenvalue weighted by Gasteiger charge is -2.25. The normalized spacial score (nSPS) is 16.7. The van der Waals surface area contributed by atoms with Crippen LogP contribution in [0.4, 0.5) is 0 Å². The first kappa shape index (κ1) is 16.2. The number of aliphatic hydroxyl groups is 1. The molecule has 118 valence electrons. The summed E-state index contributed by atoms with van der Waals surface area (Å²) in [4.78, 5) is 9.20. The Morgan fingerprint density at radius 2 is 1.76 bits per heavy atom. The van der Waals surface area contributed by atoms with Crippen LogP contribution in [0.25, 0.3) is 0 Å². The fourth-order valence-corrected chi connectivity index (χ4v) is 3.11. The van der Waals surface area contributed by atoms with Gasteiger partial charge in [0.25, 0.3) is 0 Å². The minimum atomic E-state index is 0.0152. The molecular formula is C17H28N2O2. The fourth-order valence-electron chi connectivity index (χ4n) is 3.11. The van der Waals surface area contributed by atoms with Crippen molar-refractivity contribution in [1.82, 2.24) is 9.97 Å². The van der Waals surface area contributed by atoms with Crippen molar-refractivity contribution in [2.75, 3.05) is 0 Å². The van der Waals surface area contributed by atoms with Crippen LogP contribution in [-0.4, -0.2) is 21.2 Å². The van der Waals surface area contributed by atoms with Crippen molar-refractivity contribution in [3.8, 4) is 6.01 Å². The molecule has 0 atom stereocenters. The summed E-state index contributed by atoms with van der Waals surface area (Å²) in [6.07, 6.45) is 6.17. The van der Waals surface area contributed by atoms with Gasteiger partial charge in [-0.15, -0.1) is 0 Å². The first-order valence-electron chi connectivity index (χ1n) is 8.21. The molecule has 1 saturated carbocycles. The van der Waals surface area contributed by atoms with E-state index in [1.54, 1.807) is 0 Å². The lowest BCUT2D eigenvalue weighted by Crippen LogP contribution is -2.17. The standard InChI is InChI=1S/C17H28N2O2/c1-11(2)15-14(10-20)16(13-8-6-5-7-9-13)19-17(18-15)21-12(3)4/h11-13,20H,5-10H2,1-4H3. The Bertz CT molecular complexity index is 466. The highest BCUT2D eigenvalue weighted by atomic mass is 16.5. The van der Waals surface area contributed by atoms with Gasteiger partial charge in [0.05, 0.1) is 24.1 Å². The Morgan fingerprint density at radius 1 is 1.10 bits per heavy atom. The smallest absolute Gasteiger partial charge is 0.317 e. The number of rotatable bonds is 5. The molecule has 0 aliphatic heterocycles. The molecule has 0 aromatic carbocycles. The lowest BCUT2D eigenvalue weighted by molar-refractivity contribution is 0.217. The van der Waals surface area contributed by atoms with Gasteiger partial charge in [0.1, 0.15) is 0 Å². The zero-order valence-corrected chi connectivity index (χ0v) is 13.7. The predicted molar refractivity (Wildman–Crippen MR) is 83.6 cm³/mol. The number of ether oxygens (including phenoxy) is 1. The van der Waals surface area contributed by atoms with Gasteiger partial charge in [-0.25, -0.2) is 0 Å². The molecule has 1 fully saturated rings. The molecule has 1 aromatic rings. The average Bonchev–Trinajstić information content (AvgIpc) is 2.46. The highest BCUT2D eigenvalue weighted by Crippen LogP contribution is 2.36. The van der Waals surface area contributed by atoms with Gasteiger partial charge in [-0.2, -0.15) is 9.97 Å². The van der Waals surface area contributed by atoms with E-state index in [4.69, 9.17) is 4.74 Å². The van der Waals surface area contributed by atoms with Crippen molar-refractivity contribution >= 4 is 0 Å². The summed E-state index contributed by atoms with van der Waals surface area (Å²) in [5, 5.41) is 9.83. The van der Waals surface area contributed by atoms with Crippen LogP contribution in [0.2, 0.25) is 0 Å². The van der Waals surface area contributed by atoms with Gasteiger partial charge in [0.2, 0.25) is 0 Å². The topological polar surface area (TPSA) is 55.2 Å². The monoisotopic (exact) mass is 292 g/mol. The first-order valence-corrected chi connectivity index (χ1v) is 8.21. The van der Waals surface area contributed by atoms with Crippen molar-refractivity contribution in [2.24, 2.45) is 0 Å². The molecule has 1 aromatic heterocycles. The van der Waals surface area contributed by atoms with Gasteiger partial charge >= 0.3 is 6.01 Å². The number of aromatic nitrogens is 2. The van der Waals surface area contributed by atoms with E-state index in [9.17, 15) is 5.11 Å². The van der Waals surface area contributed by atoms with Crippen LogP contribution in [-0.2, 0) is 6.61 Å². The summed E-state index contributed by atoms with van der Waals surface area (Å²) in [5.74, 6) is 0.697. The van der Waals surface area contributed by atoms with Gasteiger partial charge < -0.3 is 9.84 Å². The van der Waals surface area contributed by atoms with Crippen molar-refractivity contribution in [3.05, 3.63) is 17.0 Å². The molecule has 21 heavy (non-hydrogen) atoms. The zero-order valence-electron chi connectivity index (χ0n) is 13.7. The fraction of sp³-hybridized carbons (Fsp3) is 0.765. The third-order valence-electron chi connectivity index (χ3n) is 4.09. The molecule has 0 amide bonds. The molecule has 0 spiro atoms. The number of nitrogens with zero attached hydrogens (tertiary/aromatic N) is 2. The molecule has 0 radical (unpaired) electrons. The average molecular weight is 292 g/mol. The van der Waals surface area contributed by atoms with E-state index in [2.05, 4.69) is 23.8 Å². The van der Waals surface area contributed by atoms with Crippen LogP contribution < -0.4 is 4.74 Å². The predicted octanol–water partition coefficient (Wildman–Crippen LogP) is 3.93. The van der Waals surface area contributed by atoms with Crippen molar-refractivity contribution in [2.45, 2.75) is 84.3 Å². The van der Waals surface area contributed by atoms with Crippen LogP contribution >= 0.6 is 0 Å². The largest absolute Gasteiger partial charge is 0.461 e. The molecule has 0 bridgehead atoms. The molecule has 1 aliphatic rings. The minimum absolute atomic E-state index is 0.0152. The zero-order chi connectivity index (χ0) is 15.4. The van der Waals surface area contributed by atoms with Gasteiger partial charge in [-0.05, 0) is 32.6 Å². The Labute approximate surface area is 128 Å². The summed E-state index contributed by atoms with van der Waals surface area (Å²) in [6.45, 7) is 8.19. The molecule has 0 saturated heterocycles. The van der Waals surface area contributed by atoms with Gasteiger partial charge in [0, 0.05) is 11.5 Å². The Kier molecular flexibility index (Phi) is 5.57.